The number of pyridine rings is 1. The van der Waals surface area contributed by atoms with Gasteiger partial charge >= 0.3 is 0 Å². The summed E-state index contributed by atoms with van der Waals surface area (Å²) < 4.78 is 1.86. The molecule has 0 spiro atoms. The summed E-state index contributed by atoms with van der Waals surface area (Å²) in [6.45, 7) is 2.87. The topological polar surface area (TPSA) is 121 Å². The van der Waals surface area contributed by atoms with Gasteiger partial charge in [-0.25, -0.2) is 10.8 Å². The Morgan fingerprint density at radius 1 is 1.39 bits per heavy atom. The second kappa shape index (κ2) is 4.92. The number of nitrogens with two attached hydrogens (primary N) is 3. The van der Waals surface area contributed by atoms with Crippen molar-refractivity contribution in [1.29, 1.82) is 0 Å². The van der Waals surface area contributed by atoms with E-state index in [1.807, 2.05) is 24.0 Å². The Morgan fingerprint density at radius 2 is 2.17 bits per heavy atom. The summed E-state index contributed by atoms with van der Waals surface area (Å²) in [5.74, 6) is 6.12. The highest BCUT2D eigenvalue weighted by Crippen LogP contribution is 2.24. The van der Waals surface area contributed by atoms with Gasteiger partial charge in [0.25, 0.3) is 0 Å². The van der Waals surface area contributed by atoms with Gasteiger partial charge in [-0.2, -0.15) is 5.10 Å². The molecule has 2 aromatic heterocycles. The number of nitrogen functional groups attached to an aromatic ring is 3. The largest absolute Gasteiger partial charge is 0.395 e. The maximum Gasteiger partial charge on any atom is 0.165 e. The lowest BCUT2D eigenvalue weighted by atomic mass is 10.1. The Kier molecular flexibility index (Phi) is 3.33. The normalized spacial score (nSPS) is 10.6. The van der Waals surface area contributed by atoms with E-state index in [0.717, 1.165) is 17.7 Å². The summed E-state index contributed by atoms with van der Waals surface area (Å²) >= 11 is 0. The predicted octanol–water partition coefficient (Wildman–Crippen LogP) is 0.339. The molecular formula is C11H17N7. The molecule has 0 aliphatic rings. The fraction of sp³-hybridized carbons (Fsp3) is 0.273. The third kappa shape index (κ3) is 2.35. The lowest BCUT2D eigenvalue weighted by Crippen LogP contribution is -2.13. The van der Waals surface area contributed by atoms with Crippen molar-refractivity contribution in [1.82, 2.24) is 14.8 Å². The zero-order valence-corrected chi connectivity index (χ0v) is 10.2. The molecule has 0 aliphatic carbocycles. The van der Waals surface area contributed by atoms with Crippen LogP contribution in [0.4, 0.5) is 17.3 Å². The number of hydrazine groups is 1. The predicted molar refractivity (Wildman–Crippen MR) is 71.6 cm³/mol. The van der Waals surface area contributed by atoms with Gasteiger partial charge in [0.1, 0.15) is 5.82 Å². The van der Waals surface area contributed by atoms with E-state index in [9.17, 15) is 0 Å². The average molecular weight is 247 g/mol. The van der Waals surface area contributed by atoms with Gasteiger partial charge in [0.15, 0.2) is 5.82 Å². The van der Waals surface area contributed by atoms with E-state index in [2.05, 4.69) is 15.5 Å². The molecule has 0 atom stereocenters. The van der Waals surface area contributed by atoms with Gasteiger partial charge in [-0.15, -0.1) is 0 Å². The lowest BCUT2D eigenvalue weighted by molar-refractivity contribution is 0.659. The number of nitrogens with zero attached hydrogens (tertiary/aromatic N) is 3. The molecule has 0 aromatic carbocycles. The molecule has 2 aromatic rings. The Morgan fingerprint density at radius 3 is 2.78 bits per heavy atom. The molecule has 96 valence electrons. The number of nitrogens with one attached hydrogen (secondary N) is 1. The molecule has 7 N–H and O–H groups in total. The maximum absolute atomic E-state index is 5.96. The second-order valence-corrected chi connectivity index (χ2v) is 3.99. The Hall–Kier alpha value is -2.28. The molecule has 0 saturated carbocycles. The van der Waals surface area contributed by atoms with Crippen molar-refractivity contribution < 1.29 is 0 Å². The standard InChI is InChI=1S/C11H17N7/c1-2-18-6-7(5-15-18)3-8-4-9(12)16-11(17-14)10(8)13/h4-6H,2-3,13-14H2,1H3,(H3,12,16,17). The quantitative estimate of drug-likeness (QED) is 0.456. The van der Waals surface area contributed by atoms with E-state index >= 15 is 0 Å². The molecule has 0 fully saturated rings. The first-order chi connectivity index (χ1) is 8.63. The van der Waals surface area contributed by atoms with Crippen molar-refractivity contribution in [2.75, 3.05) is 16.9 Å². The number of hydrogen-bond donors (Lipinski definition) is 4. The molecule has 7 heteroatoms. The van der Waals surface area contributed by atoms with Crippen molar-refractivity contribution >= 4 is 17.3 Å². The van der Waals surface area contributed by atoms with Crippen molar-refractivity contribution in [3.8, 4) is 0 Å². The Labute approximate surface area is 105 Å². The van der Waals surface area contributed by atoms with Crippen molar-refractivity contribution in [3.63, 3.8) is 0 Å². The smallest absolute Gasteiger partial charge is 0.165 e. The molecule has 2 rings (SSSR count). The minimum atomic E-state index is 0.384. The summed E-state index contributed by atoms with van der Waals surface area (Å²) in [5.41, 5.74) is 16.6. The highest BCUT2D eigenvalue weighted by Gasteiger charge is 2.09. The summed E-state index contributed by atoms with van der Waals surface area (Å²) in [6, 6.07) is 1.75. The van der Waals surface area contributed by atoms with E-state index in [-0.39, 0.29) is 0 Å². The van der Waals surface area contributed by atoms with Crippen molar-refractivity contribution in [2.45, 2.75) is 19.9 Å². The maximum atomic E-state index is 5.96. The molecule has 0 bridgehead atoms. The van der Waals surface area contributed by atoms with E-state index in [1.165, 1.54) is 0 Å². The summed E-state index contributed by atoms with van der Waals surface area (Å²) in [4.78, 5) is 4.01. The van der Waals surface area contributed by atoms with Gasteiger partial charge in [-0.05, 0) is 24.1 Å². The van der Waals surface area contributed by atoms with Crippen LogP contribution in [0, 0.1) is 0 Å². The molecule has 0 aliphatic heterocycles. The van der Waals surface area contributed by atoms with Crippen LogP contribution in [0.15, 0.2) is 18.5 Å². The van der Waals surface area contributed by atoms with E-state index in [1.54, 1.807) is 6.07 Å². The Balaban J connectivity index is 2.30. The lowest BCUT2D eigenvalue weighted by Gasteiger charge is -2.10. The van der Waals surface area contributed by atoms with Gasteiger partial charge in [0, 0.05) is 19.2 Å². The van der Waals surface area contributed by atoms with Gasteiger partial charge in [0.05, 0.1) is 11.9 Å². The first-order valence-corrected chi connectivity index (χ1v) is 5.66. The van der Waals surface area contributed by atoms with Crippen LogP contribution in [-0.4, -0.2) is 14.8 Å². The zero-order valence-electron chi connectivity index (χ0n) is 10.2. The van der Waals surface area contributed by atoms with E-state index < -0.39 is 0 Å². The Bertz CT molecular complexity index is 546. The van der Waals surface area contributed by atoms with Gasteiger partial charge in [-0.1, -0.05) is 0 Å². The molecule has 7 nitrogen and oxygen atoms in total. The second-order valence-electron chi connectivity index (χ2n) is 3.99. The minimum absolute atomic E-state index is 0.384. The molecule has 0 radical (unpaired) electrons. The number of rotatable bonds is 4. The summed E-state index contributed by atoms with van der Waals surface area (Å²) in [5, 5.41) is 4.21. The van der Waals surface area contributed by atoms with Crippen molar-refractivity contribution in [3.05, 3.63) is 29.6 Å². The van der Waals surface area contributed by atoms with Crippen LogP contribution in [0.25, 0.3) is 0 Å². The molecule has 0 amide bonds. The number of anilines is 3. The third-order valence-corrected chi connectivity index (χ3v) is 2.71. The van der Waals surface area contributed by atoms with Crippen LogP contribution < -0.4 is 22.7 Å². The summed E-state index contributed by atoms with van der Waals surface area (Å²) in [6.07, 6.45) is 4.44. The van der Waals surface area contributed by atoms with Gasteiger partial charge in [0.2, 0.25) is 0 Å². The highest BCUT2D eigenvalue weighted by atomic mass is 15.3. The molecule has 18 heavy (non-hydrogen) atoms. The number of aryl methyl sites for hydroxylation is 1. The molecule has 0 saturated heterocycles. The fourth-order valence-electron chi connectivity index (χ4n) is 1.78. The van der Waals surface area contributed by atoms with Crippen LogP contribution in [0.2, 0.25) is 0 Å². The number of hydrogen-bond acceptors (Lipinski definition) is 6. The number of aromatic nitrogens is 3. The molecule has 0 unspecified atom stereocenters. The van der Waals surface area contributed by atoms with Gasteiger partial charge < -0.3 is 16.9 Å². The van der Waals surface area contributed by atoms with Crippen LogP contribution in [-0.2, 0) is 13.0 Å². The molecule has 2 heterocycles. The first kappa shape index (κ1) is 12.2. The fourth-order valence-corrected chi connectivity index (χ4v) is 1.78. The summed E-state index contributed by atoms with van der Waals surface area (Å²) in [7, 11) is 0. The van der Waals surface area contributed by atoms with E-state index in [0.29, 0.717) is 23.7 Å². The van der Waals surface area contributed by atoms with Crippen LogP contribution in [0.1, 0.15) is 18.1 Å². The molecular weight excluding hydrogens is 230 g/mol. The van der Waals surface area contributed by atoms with Crippen LogP contribution >= 0.6 is 0 Å². The minimum Gasteiger partial charge on any atom is -0.395 e. The van der Waals surface area contributed by atoms with Gasteiger partial charge in [-0.3, -0.25) is 4.68 Å². The third-order valence-electron chi connectivity index (χ3n) is 2.71. The zero-order chi connectivity index (χ0) is 13.1. The highest BCUT2D eigenvalue weighted by molar-refractivity contribution is 5.68. The van der Waals surface area contributed by atoms with Crippen LogP contribution in [0.3, 0.4) is 0 Å². The monoisotopic (exact) mass is 247 g/mol. The SMILES string of the molecule is CCn1cc(Cc2cc(N)nc(NN)c2N)cn1. The first-order valence-electron chi connectivity index (χ1n) is 5.66. The average Bonchev–Trinajstić information content (AvgIpc) is 2.81. The van der Waals surface area contributed by atoms with Crippen molar-refractivity contribution in [2.24, 2.45) is 5.84 Å². The van der Waals surface area contributed by atoms with E-state index in [4.69, 9.17) is 17.3 Å². The van der Waals surface area contributed by atoms with Crippen LogP contribution in [0.5, 0.6) is 0 Å².